The molecule has 0 spiro atoms. The molecule has 0 radical (unpaired) electrons. The number of anilines is 3. The molecule has 37 heavy (non-hydrogen) atoms. The number of nitrogens with two attached hydrogens (primary N) is 1. The third-order valence-corrected chi connectivity index (χ3v) is 7.49. The highest BCUT2D eigenvalue weighted by molar-refractivity contribution is 6.36. The van der Waals surface area contributed by atoms with Crippen molar-refractivity contribution in [2.75, 3.05) is 22.5 Å². The van der Waals surface area contributed by atoms with Crippen LogP contribution in [0.3, 0.4) is 0 Å². The van der Waals surface area contributed by atoms with Crippen molar-refractivity contribution in [1.82, 2.24) is 0 Å². The van der Waals surface area contributed by atoms with Crippen LogP contribution in [0.2, 0.25) is 10.0 Å². The molecular weight excluding hydrogens is 513 g/mol. The van der Waals surface area contributed by atoms with Crippen molar-refractivity contribution in [3.63, 3.8) is 0 Å². The molecule has 1 unspecified atom stereocenters. The fourth-order valence-electron chi connectivity index (χ4n) is 5.08. The molecule has 4 N–H and O–H groups in total. The molecule has 1 aliphatic heterocycles. The number of aliphatic carboxylic acids is 1. The van der Waals surface area contributed by atoms with Crippen LogP contribution in [-0.2, 0) is 4.79 Å². The number of hydrogen-bond donors (Lipinski definition) is 3. The lowest BCUT2D eigenvalue weighted by molar-refractivity contribution is -0.132. The molecule has 5 rings (SSSR count). The fourth-order valence-corrected chi connectivity index (χ4v) is 5.46. The number of carbonyl (C=O) groups excluding carboxylic acids is 2. The van der Waals surface area contributed by atoms with Crippen LogP contribution in [0.4, 0.5) is 17.1 Å². The van der Waals surface area contributed by atoms with Gasteiger partial charge in [0, 0.05) is 34.3 Å². The third kappa shape index (κ3) is 4.80. The molecule has 0 saturated carbocycles. The quantitative estimate of drug-likeness (QED) is 0.355. The van der Waals surface area contributed by atoms with Gasteiger partial charge in [-0.1, -0.05) is 47.5 Å². The summed E-state index contributed by atoms with van der Waals surface area (Å²) in [5.74, 6) is -1.52. The van der Waals surface area contributed by atoms with Gasteiger partial charge in [0.2, 0.25) is 0 Å². The molecule has 0 saturated heterocycles. The Balaban J connectivity index is 1.40. The van der Waals surface area contributed by atoms with Gasteiger partial charge in [-0.3, -0.25) is 9.59 Å². The maximum absolute atomic E-state index is 13.6. The van der Waals surface area contributed by atoms with Crippen LogP contribution in [0.1, 0.15) is 45.0 Å². The highest BCUT2D eigenvalue weighted by atomic mass is 35.5. The second-order valence-corrected chi connectivity index (χ2v) is 10.0. The van der Waals surface area contributed by atoms with Crippen LogP contribution in [0.25, 0.3) is 0 Å². The minimum Gasteiger partial charge on any atom is -0.478 e. The number of nitrogens with zero attached hydrogens (tertiary/aromatic N) is 1. The second-order valence-electron chi connectivity index (χ2n) is 9.17. The molecule has 2 aliphatic rings. The summed E-state index contributed by atoms with van der Waals surface area (Å²) in [6.45, 7) is 0.448. The smallest absolute Gasteiger partial charge is 0.331 e. The second kappa shape index (κ2) is 9.92. The third-order valence-electron chi connectivity index (χ3n) is 6.92. The maximum atomic E-state index is 13.6. The number of fused-ring (bicyclic) bond motifs is 3. The van der Waals surface area contributed by atoms with E-state index in [0.29, 0.717) is 41.2 Å². The molecule has 1 heterocycles. The van der Waals surface area contributed by atoms with E-state index < -0.39 is 11.9 Å². The minimum absolute atomic E-state index is 0.0546. The average molecular weight is 536 g/mol. The number of nitrogens with one attached hydrogen (secondary N) is 1. The topological polar surface area (TPSA) is 113 Å². The molecule has 0 fully saturated rings. The van der Waals surface area contributed by atoms with Gasteiger partial charge in [-0.2, -0.15) is 0 Å². The van der Waals surface area contributed by atoms with Crippen molar-refractivity contribution >= 4 is 58.0 Å². The maximum Gasteiger partial charge on any atom is 0.331 e. The van der Waals surface area contributed by atoms with E-state index in [0.717, 1.165) is 11.3 Å². The Labute approximate surface area is 223 Å². The van der Waals surface area contributed by atoms with Crippen LogP contribution in [0.5, 0.6) is 0 Å². The minimum atomic E-state index is -0.890. The van der Waals surface area contributed by atoms with Crippen LogP contribution < -0.4 is 16.0 Å². The molecule has 7 nitrogen and oxygen atoms in total. The number of carbonyl (C=O) groups is 3. The first-order valence-corrected chi connectivity index (χ1v) is 12.5. The molecule has 3 aromatic carbocycles. The number of hydrogen-bond acceptors (Lipinski definition) is 4. The van der Waals surface area contributed by atoms with Gasteiger partial charge in [0.25, 0.3) is 11.8 Å². The first-order valence-electron chi connectivity index (χ1n) is 11.7. The number of carboxylic acid groups (broad SMARTS) is 1. The highest BCUT2D eigenvalue weighted by Gasteiger charge is 2.37. The zero-order valence-corrected chi connectivity index (χ0v) is 21.1. The van der Waals surface area contributed by atoms with Crippen molar-refractivity contribution in [1.29, 1.82) is 0 Å². The van der Waals surface area contributed by atoms with Crippen molar-refractivity contribution in [3.8, 4) is 0 Å². The van der Waals surface area contributed by atoms with E-state index in [4.69, 9.17) is 28.9 Å². The zero-order chi connectivity index (χ0) is 26.3. The summed E-state index contributed by atoms with van der Waals surface area (Å²) in [5.41, 5.74) is 9.49. The summed E-state index contributed by atoms with van der Waals surface area (Å²) < 4.78 is 0. The van der Waals surface area contributed by atoms with Crippen molar-refractivity contribution in [3.05, 3.63) is 99.0 Å². The van der Waals surface area contributed by atoms with Gasteiger partial charge in [-0.05, 0) is 66.8 Å². The van der Waals surface area contributed by atoms with E-state index in [-0.39, 0.29) is 34.0 Å². The van der Waals surface area contributed by atoms with Crippen LogP contribution >= 0.6 is 23.2 Å². The largest absolute Gasteiger partial charge is 0.478 e. The first kappa shape index (κ1) is 24.9. The number of halogens is 2. The Kier molecular flexibility index (Phi) is 6.67. The summed E-state index contributed by atoms with van der Waals surface area (Å²) in [4.78, 5) is 39.6. The number of allylic oxidation sites excluding steroid dienone is 1. The lowest BCUT2D eigenvalue weighted by atomic mass is 9.87. The first-order chi connectivity index (χ1) is 17.7. The molecular formula is C28H23Cl2N3O4. The van der Waals surface area contributed by atoms with E-state index in [9.17, 15) is 19.5 Å². The Bertz CT molecular complexity index is 1470. The SMILES string of the molecule is Nc1cc(C(=O)N2CCC3CC(C(=O)O)=C[C@@H]3c3ccccc32)ccc1NC(=O)c1cc(Cl)ccc1Cl. The van der Waals surface area contributed by atoms with Crippen molar-refractivity contribution in [2.24, 2.45) is 5.92 Å². The number of amides is 2. The van der Waals surface area contributed by atoms with Crippen LogP contribution in [0.15, 0.2) is 72.3 Å². The van der Waals surface area contributed by atoms with E-state index >= 15 is 0 Å². The number of carboxylic acids is 1. The number of benzene rings is 3. The number of nitrogen functional groups attached to an aromatic ring is 1. The van der Waals surface area contributed by atoms with E-state index in [1.54, 1.807) is 23.1 Å². The van der Waals surface area contributed by atoms with E-state index in [2.05, 4.69) is 5.32 Å². The van der Waals surface area contributed by atoms with E-state index in [1.165, 1.54) is 18.2 Å². The summed E-state index contributed by atoms with van der Waals surface area (Å²) in [7, 11) is 0. The Hall–Kier alpha value is -3.81. The van der Waals surface area contributed by atoms with Crippen molar-refractivity contribution in [2.45, 2.75) is 18.8 Å². The van der Waals surface area contributed by atoms with Gasteiger partial charge < -0.3 is 21.1 Å². The van der Waals surface area contributed by atoms with Gasteiger partial charge in [-0.25, -0.2) is 4.79 Å². The predicted molar refractivity (Wildman–Crippen MR) is 145 cm³/mol. The Morgan fingerprint density at radius 3 is 2.57 bits per heavy atom. The molecule has 2 atom stereocenters. The number of rotatable bonds is 4. The molecule has 0 aromatic heterocycles. The van der Waals surface area contributed by atoms with Gasteiger partial charge in [-0.15, -0.1) is 0 Å². The molecule has 3 aromatic rings. The molecule has 1 aliphatic carbocycles. The van der Waals surface area contributed by atoms with Gasteiger partial charge >= 0.3 is 5.97 Å². The van der Waals surface area contributed by atoms with Gasteiger partial charge in [0.1, 0.15) is 0 Å². The Morgan fingerprint density at radius 1 is 1.03 bits per heavy atom. The lowest BCUT2D eigenvalue weighted by Gasteiger charge is -2.24. The van der Waals surface area contributed by atoms with Gasteiger partial charge in [0.05, 0.1) is 22.0 Å². The number of para-hydroxylation sites is 1. The van der Waals surface area contributed by atoms with E-state index in [1.807, 2.05) is 30.3 Å². The molecule has 188 valence electrons. The molecule has 0 bridgehead atoms. The molecule has 9 heteroatoms. The monoisotopic (exact) mass is 535 g/mol. The van der Waals surface area contributed by atoms with Gasteiger partial charge in [0.15, 0.2) is 0 Å². The normalized spacial score (nSPS) is 18.3. The summed E-state index contributed by atoms with van der Waals surface area (Å²) in [5, 5.41) is 12.8. The average Bonchev–Trinajstić information content (AvgIpc) is 3.25. The lowest BCUT2D eigenvalue weighted by Crippen LogP contribution is -2.32. The van der Waals surface area contributed by atoms with Crippen LogP contribution in [-0.4, -0.2) is 29.4 Å². The summed E-state index contributed by atoms with van der Waals surface area (Å²) in [6, 6.07) is 16.9. The predicted octanol–water partition coefficient (Wildman–Crippen LogP) is 5.99. The zero-order valence-electron chi connectivity index (χ0n) is 19.6. The molecule has 2 amide bonds. The van der Waals surface area contributed by atoms with Crippen molar-refractivity contribution < 1.29 is 19.5 Å². The summed E-state index contributed by atoms with van der Waals surface area (Å²) in [6.07, 6.45) is 2.97. The standard InChI is InChI=1S/C28H23Cl2N3O4/c29-18-6-7-22(30)21(14-18)26(34)32-24-8-5-16(13-23(24)31)27(35)33-10-9-15-11-17(28(36)37)12-20(15)19-3-1-2-4-25(19)33/h1-8,12-15,20H,9-11,31H2,(H,32,34)(H,36,37)/t15?,20-/m0/s1. The summed E-state index contributed by atoms with van der Waals surface area (Å²) >= 11 is 12.1. The Morgan fingerprint density at radius 2 is 1.81 bits per heavy atom. The fraction of sp³-hybridized carbons (Fsp3) is 0.179. The highest BCUT2D eigenvalue weighted by Crippen LogP contribution is 2.46. The van der Waals surface area contributed by atoms with Crippen LogP contribution in [0, 0.1) is 5.92 Å².